The van der Waals surface area contributed by atoms with E-state index >= 15 is 0 Å². The van der Waals surface area contributed by atoms with E-state index in [4.69, 9.17) is 11.6 Å². The summed E-state index contributed by atoms with van der Waals surface area (Å²) in [6, 6.07) is 13.4. The maximum absolute atomic E-state index is 12.8. The fourth-order valence-electron chi connectivity index (χ4n) is 2.78. The van der Waals surface area contributed by atoms with Gasteiger partial charge in [-0.15, -0.1) is 0 Å². The molecule has 0 heterocycles. The zero-order chi connectivity index (χ0) is 19.5. The maximum Gasteiger partial charge on any atom is 0.246 e. The molecule has 2 aromatic rings. The van der Waals surface area contributed by atoms with Gasteiger partial charge in [-0.25, -0.2) is 8.42 Å². The molecular weight excluding hydrogens is 372 g/mol. The zero-order valence-corrected chi connectivity index (χ0v) is 16.9. The first-order valence-electron chi connectivity index (χ1n) is 8.15. The van der Waals surface area contributed by atoms with Crippen molar-refractivity contribution in [2.24, 2.45) is 0 Å². The van der Waals surface area contributed by atoms with Crippen molar-refractivity contribution in [2.75, 3.05) is 17.6 Å². The van der Waals surface area contributed by atoms with Crippen molar-refractivity contribution in [2.45, 2.75) is 26.4 Å². The van der Waals surface area contributed by atoms with Crippen LogP contribution in [-0.2, 0) is 21.4 Å². The topological polar surface area (TPSA) is 57.7 Å². The van der Waals surface area contributed by atoms with Crippen LogP contribution in [-0.4, -0.2) is 38.6 Å². The maximum atomic E-state index is 12.8. The SMILES string of the molecule is Cc1ccc(CN(C)C(=O)[C@@H](C)N(c2cccc(Cl)c2)S(C)(=O)=O)cc1. The average molecular weight is 395 g/mol. The van der Waals surface area contributed by atoms with Crippen LogP contribution in [0.3, 0.4) is 0 Å². The second-order valence-corrected chi connectivity index (χ2v) is 8.69. The zero-order valence-electron chi connectivity index (χ0n) is 15.3. The molecule has 0 spiro atoms. The predicted molar refractivity (Wildman–Crippen MR) is 106 cm³/mol. The number of amides is 1. The lowest BCUT2D eigenvalue weighted by molar-refractivity contribution is -0.131. The molecule has 0 aliphatic carbocycles. The van der Waals surface area contributed by atoms with Gasteiger partial charge in [0.1, 0.15) is 6.04 Å². The van der Waals surface area contributed by atoms with Gasteiger partial charge >= 0.3 is 0 Å². The summed E-state index contributed by atoms with van der Waals surface area (Å²) >= 11 is 5.99. The molecular formula is C19H23ClN2O3S. The Morgan fingerprint density at radius 3 is 2.31 bits per heavy atom. The summed E-state index contributed by atoms with van der Waals surface area (Å²) in [6.07, 6.45) is 1.08. The lowest BCUT2D eigenvalue weighted by atomic mass is 10.1. The molecule has 2 rings (SSSR count). The standard InChI is InChI=1S/C19H23ClN2O3S/c1-14-8-10-16(11-9-14)13-21(3)19(23)15(2)22(26(4,24)25)18-7-5-6-17(20)12-18/h5-12,15H,13H2,1-4H3/t15-/m1/s1. The van der Waals surface area contributed by atoms with Crippen LogP contribution >= 0.6 is 11.6 Å². The molecule has 140 valence electrons. The molecule has 1 amide bonds. The molecule has 2 aromatic carbocycles. The van der Waals surface area contributed by atoms with E-state index in [2.05, 4.69) is 0 Å². The minimum Gasteiger partial charge on any atom is -0.340 e. The van der Waals surface area contributed by atoms with Crippen LogP contribution in [0.15, 0.2) is 48.5 Å². The Hall–Kier alpha value is -2.05. The number of anilines is 1. The summed E-state index contributed by atoms with van der Waals surface area (Å²) in [5, 5.41) is 0.406. The minimum atomic E-state index is -3.66. The number of benzene rings is 2. The van der Waals surface area contributed by atoms with Crippen molar-refractivity contribution in [3.63, 3.8) is 0 Å². The number of nitrogens with zero attached hydrogens (tertiary/aromatic N) is 2. The lowest BCUT2D eigenvalue weighted by Gasteiger charge is -2.31. The van der Waals surface area contributed by atoms with E-state index in [0.717, 1.165) is 21.7 Å². The molecule has 26 heavy (non-hydrogen) atoms. The number of carbonyl (C=O) groups is 1. The molecule has 0 aromatic heterocycles. The Bertz CT molecular complexity index is 882. The van der Waals surface area contributed by atoms with Crippen molar-refractivity contribution in [1.82, 2.24) is 4.90 Å². The lowest BCUT2D eigenvalue weighted by Crippen LogP contribution is -2.48. The van der Waals surface area contributed by atoms with Gasteiger partial charge in [0, 0.05) is 18.6 Å². The average Bonchev–Trinajstić information content (AvgIpc) is 2.55. The number of carbonyl (C=O) groups excluding carboxylic acids is 1. The highest BCUT2D eigenvalue weighted by atomic mass is 35.5. The molecule has 0 bridgehead atoms. The van der Waals surface area contributed by atoms with E-state index in [9.17, 15) is 13.2 Å². The molecule has 0 saturated carbocycles. The molecule has 0 saturated heterocycles. The van der Waals surface area contributed by atoms with Gasteiger partial charge < -0.3 is 4.90 Å². The van der Waals surface area contributed by atoms with E-state index in [1.807, 2.05) is 31.2 Å². The third-order valence-corrected chi connectivity index (χ3v) is 5.52. The fourth-order valence-corrected chi connectivity index (χ4v) is 4.13. The van der Waals surface area contributed by atoms with Gasteiger partial charge in [-0.3, -0.25) is 9.10 Å². The number of hydrogen-bond acceptors (Lipinski definition) is 3. The molecule has 7 heteroatoms. The smallest absolute Gasteiger partial charge is 0.246 e. The molecule has 1 atom stereocenters. The first-order valence-corrected chi connectivity index (χ1v) is 10.4. The van der Waals surface area contributed by atoms with Crippen LogP contribution in [0.5, 0.6) is 0 Å². The Kier molecular flexibility index (Phi) is 6.31. The highest BCUT2D eigenvalue weighted by Gasteiger charge is 2.31. The molecule has 0 fully saturated rings. The first kappa shape index (κ1) is 20.3. The van der Waals surface area contributed by atoms with Crippen LogP contribution in [0.4, 0.5) is 5.69 Å². The number of rotatable bonds is 6. The molecule has 0 aliphatic heterocycles. The third-order valence-electron chi connectivity index (χ3n) is 4.05. The molecule has 0 N–H and O–H groups in total. The summed E-state index contributed by atoms with van der Waals surface area (Å²) in [5.41, 5.74) is 2.48. The highest BCUT2D eigenvalue weighted by Crippen LogP contribution is 2.25. The minimum absolute atomic E-state index is 0.295. The Morgan fingerprint density at radius 1 is 1.15 bits per heavy atom. The van der Waals surface area contributed by atoms with Crippen molar-refractivity contribution in [3.8, 4) is 0 Å². The van der Waals surface area contributed by atoms with Gasteiger partial charge in [0.05, 0.1) is 11.9 Å². The largest absolute Gasteiger partial charge is 0.340 e. The van der Waals surface area contributed by atoms with Gasteiger partial charge in [-0.2, -0.15) is 0 Å². The molecule has 0 unspecified atom stereocenters. The highest BCUT2D eigenvalue weighted by molar-refractivity contribution is 7.92. The Labute approximate surface area is 160 Å². The summed E-state index contributed by atoms with van der Waals surface area (Å²) < 4.78 is 25.7. The normalized spacial score (nSPS) is 12.5. The van der Waals surface area contributed by atoms with Crippen molar-refractivity contribution >= 4 is 33.2 Å². The second-order valence-electron chi connectivity index (χ2n) is 6.39. The van der Waals surface area contributed by atoms with E-state index in [0.29, 0.717) is 17.3 Å². The van der Waals surface area contributed by atoms with Crippen LogP contribution < -0.4 is 4.31 Å². The van der Waals surface area contributed by atoms with Crippen molar-refractivity contribution in [3.05, 3.63) is 64.7 Å². The summed E-state index contributed by atoms with van der Waals surface area (Å²) in [6.45, 7) is 3.97. The van der Waals surface area contributed by atoms with E-state index < -0.39 is 16.1 Å². The van der Waals surface area contributed by atoms with Crippen LogP contribution in [0, 0.1) is 6.92 Å². The van der Waals surface area contributed by atoms with Gasteiger partial charge in [-0.05, 0) is 37.6 Å². The number of halogens is 1. The van der Waals surface area contributed by atoms with Crippen molar-refractivity contribution in [1.29, 1.82) is 0 Å². The fraction of sp³-hybridized carbons (Fsp3) is 0.316. The second kappa shape index (κ2) is 8.10. The summed E-state index contributed by atoms with van der Waals surface area (Å²) in [5.74, 6) is -0.295. The van der Waals surface area contributed by atoms with Gasteiger partial charge in [0.25, 0.3) is 0 Å². The predicted octanol–water partition coefficient (Wildman–Crippen LogP) is 3.46. The third kappa shape index (κ3) is 4.99. The van der Waals surface area contributed by atoms with Gasteiger partial charge in [-0.1, -0.05) is 47.5 Å². The van der Waals surface area contributed by atoms with Crippen LogP contribution in [0.25, 0.3) is 0 Å². The summed E-state index contributed by atoms with van der Waals surface area (Å²) in [7, 11) is -2.00. The number of aryl methyl sites for hydroxylation is 1. The molecule has 0 aliphatic rings. The summed E-state index contributed by atoms with van der Waals surface area (Å²) in [4.78, 5) is 14.4. The Morgan fingerprint density at radius 2 is 1.77 bits per heavy atom. The van der Waals surface area contributed by atoms with Crippen molar-refractivity contribution < 1.29 is 13.2 Å². The Balaban J connectivity index is 2.25. The number of sulfonamides is 1. The number of likely N-dealkylation sites (N-methyl/N-ethyl adjacent to an activating group) is 1. The quantitative estimate of drug-likeness (QED) is 0.753. The first-order chi connectivity index (χ1) is 12.1. The van der Waals surface area contributed by atoms with E-state index in [1.54, 1.807) is 32.2 Å². The van der Waals surface area contributed by atoms with Crippen LogP contribution in [0.2, 0.25) is 5.02 Å². The van der Waals surface area contributed by atoms with Crippen LogP contribution in [0.1, 0.15) is 18.1 Å². The van der Waals surface area contributed by atoms with E-state index in [-0.39, 0.29) is 5.91 Å². The molecule has 5 nitrogen and oxygen atoms in total. The monoisotopic (exact) mass is 394 g/mol. The van der Waals surface area contributed by atoms with E-state index in [1.165, 1.54) is 11.0 Å². The molecule has 0 radical (unpaired) electrons. The van der Waals surface area contributed by atoms with Gasteiger partial charge in [0.2, 0.25) is 15.9 Å². The van der Waals surface area contributed by atoms with Gasteiger partial charge in [0.15, 0.2) is 0 Å². The number of hydrogen-bond donors (Lipinski definition) is 0.